The minimum atomic E-state index is -0.989. The monoisotopic (exact) mass is 1420 g/mol. The van der Waals surface area contributed by atoms with Gasteiger partial charge in [0.1, 0.15) is 64.4 Å². The molecule has 568 valence electrons. The Morgan fingerprint density at radius 2 is 0.950 bits per heavy atom. The number of H-pyrrole nitrogens is 1. The van der Waals surface area contributed by atoms with Crippen LogP contribution in [0.25, 0.3) is 10.9 Å². The number of aromatic amines is 1. The third-order valence-electron chi connectivity index (χ3n) is 19.0. The van der Waals surface area contributed by atoms with Crippen LogP contribution in [0.2, 0.25) is 0 Å². The molecule has 9 atom stereocenters. The molecular formula is C73H116N8O20. The van der Waals surface area contributed by atoms with Gasteiger partial charge in [0.2, 0.25) is 17.7 Å². The fourth-order valence-electron chi connectivity index (χ4n) is 13.7. The molecule has 0 unspecified atom stereocenters. The zero-order valence-electron chi connectivity index (χ0n) is 61.1. The van der Waals surface area contributed by atoms with Crippen LogP contribution < -0.4 is 42.8 Å². The number of carbonyl (C=O) groups excluding carboxylic acids is 10. The number of nitrogens with two attached hydrogens (primary N) is 2. The average Bonchev–Trinajstić information content (AvgIpc) is 1.68. The van der Waals surface area contributed by atoms with Gasteiger partial charge in [-0.2, -0.15) is 0 Å². The number of alkyl carbamates (subject to hydrolysis) is 2. The number of rotatable bonds is 24. The minimum absolute atomic E-state index is 0.0145. The molecule has 5 amide bonds. The van der Waals surface area contributed by atoms with E-state index in [4.69, 9.17) is 40.3 Å². The number of Topliss-reactive ketones (excluding diaryl/α,β-unsaturated/α-hetero) is 2. The quantitative estimate of drug-likeness (QED) is 0.0346. The van der Waals surface area contributed by atoms with Crippen LogP contribution in [-0.4, -0.2) is 169 Å². The van der Waals surface area contributed by atoms with Crippen molar-refractivity contribution in [2.24, 2.45) is 47.0 Å². The van der Waals surface area contributed by atoms with E-state index in [0.29, 0.717) is 81.4 Å². The average molecular weight is 1430 g/mol. The summed E-state index contributed by atoms with van der Waals surface area (Å²) in [5.41, 5.74) is 11.2. The van der Waals surface area contributed by atoms with Crippen LogP contribution >= 0.6 is 0 Å². The third-order valence-corrected chi connectivity index (χ3v) is 19.0. The van der Waals surface area contributed by atoms with Gasteiger partial charge in [0.15, 0.2) is 0 Å². The number of hydrogen-bond donors (Lipinski definition) is 10. The largest absolute Gasteiger partial charge is 0.496 e. The summed E-state index contributed by atoms with van der Waals surface area (Å²) in [6.07, 6.45) is 23.2. The molecule has 2 heterocycles. The van der Waals surface area contributed by atoms with E-state index in [0.717, 1.165) is 101 Å². The molecule has 1 aromatic heterocycles. The number of ether oxygens (including phenoxy) is 6. The molecule has 0 spiro atoms. The van der Waals surface area contributed by atoms with Gasteiger partial charge in [0.25, 0.3) is 0 Å². The summed E-state index contributed by atoms with van der Waals surface area (Å²) in [5.74, 6) is -2.65. The highest BCUT2D eigenvalue weighted by Crippen LogP contribution is 2.32. The number of methoxy groups -OCH3 is 4. The number of fused-ring (bicyclic) bond motifs is 1. The second kappa shape index (κ2) is 43.2. The van der Waals surface area contributed by atoms with E-state index in [9.17, 15) is 62.6 Å². The summed E-state index contributed by atoms with van der Waals surface area (Å²) in [4.78, 5) is 144. The van der Waals surface area contributed by atoms with E-state index in [-0.39, 0.29) is 53.2 Å². The van der Waals surface area contributed by atoms with Gasteiger partial charge in [0.05, 0.1) is 34.5 Å². The zero-order chi connectivity index (χ0) is 75.0. The summed E-state index contributed by atoms with van der Waals surface area (Å²) in [6.45, 7) is 11.2. The molecule has 0 bridgehead atoms. The molecule has 0 radical (unpaired) electrons. The number of carbonyl (C=O) groups is 12. The Kier molecular flexibility index (Phi) is 36.6. The highest BCUT2D eigenvalue weighted by atomic mass is 16.6. The fourth-order valence-corrected chi connectivity index (χ4v) is 13.7. The van der Waals surface area contributed by atoms with E-state index in [2.05, 4.69) is 36.3 Å². The lowest BCUT2D eigenvalue weighted by molar-refractivity contribution is -0.146. The van der Waals surface area contributed by atoms with Crippen LogP contribution in [0.3, 0.4) is 0 Å². The van der Waals surface area contributed by atoms with Gasteiger partial charge in [-0.05, 0) is 148 Å². The maximum Gasteiger partial charge on any atom is 0.408 e. The van der Waals surface area contributed by atoms with Crippen LogP contribution in [-0.2, 0) is 66.8 Å². The lowest BCUT2D eigenvalue weighted by Crippen LogP contribution is -2.53. The predicted molar refractivity (Wildman–Crippen MR) is 375 cm³/mol. The number of hydrogen-bond acceptors (Lipinski definition) is 20. The predicted octanol–water partition coefficient (Wildman–Crippen LogP) is 8.79. The van der Waals surface area contributed by atoms with Crippen molar-refractivity contribution in [3.05, 3.63) is 30.0 Å². The van der Waals surface area contributed by atoms with Crippen molar-refractivity contribution < 1.29 is 96.2 Å². The summed E-state index contributed by atoms with van der Waals surface area (Å²) in [7, 11) is 5.40. The molecule has 1 saturated heterocycles. The van der Waals surface area contributed by atoms with Crippen LogP contribution in [0.15, 0.2) is 24.3 Å². The molecule has 1 aliphatic heterocycles. The first-order valence-electron chi connectivity index (χ1n) is 36.0. The number of aliphatic carboxylic acids is 1. The fraction of sp³-hybridized carbons (Fsp3) is 0.726. The summed E-state index contributed by atoms with van der Waals surface area (Å²) < 4.78 is 29.6. The van der Waals surface area contributed by atoms with Gasteiger partial charge in [-0.15, -0.1) is 0 Å². The second-order valence-corrected chi connectivity index (χ2v) is 29.4. The maximum absolute atomic E-state index is 13.1. The van der Waals surface area contributed by atoms with Gasteiger partial charge in [-0.3, -0.25) is 28.8 Å². The normalized spacial score (nSPS) is 20.5. The van der Waals surface area contributed by atoms with Gasteiger partial charge in [-0.25, -0.2) is 28.8 Å². The Morgan fingerprint density at radius 1 is 0.505 bits per heavy atom. The van der Waals surface area contributed by atoms with Crippen molar-refractivity contribution in [3.8, 4) is 5.75 Å². The van der Waals surface area contributed by atoms with E-state index < -0.39 is 95.4 Å². The van der Waals surface area contributed by atoms with Crippen molar-refractivity contribution in [2.75, 3.05) is 35.0 Å². The number of ketones is 2. The lowest BCUT2D eigenvalue weighted by atomic mass is 9.84. The highest BCUT2D eigenvalue weighted by molar-refractivity contribution is 5.96. The van der Waals surface area contributed by atoms with Crippen molar-refractivity contribution in [1.82, 2.24) is 31.6 Å². The van der Waals surface area contributed by atoms with Crippen molar-refractivity contribution in [1.29, 1.82) is 0 Å². The molecule has 28 heteroatoms. The van der Waals surface area contributed by atoms with Crippen LogP contribution in [0.1, 0.15) is 232 Å². The van der Waals surface area contributed by atoms with E-state index in [1.54, 1.807) is 60.8 Å². The Bertz CT molecular complexity index is 3030. The Morgan fingerprint density at radius 3 is 1.35 bits per heavy atom. The molecule has 1 aromatic carbocycles. The molecular weight excluding hydrogens is 1310 g/mol. The lowest BCUT2D eigenvalue weighted by Gasteiger charge is -2.29. The number of aromatic carboxylic acids is 1. The first-order chi connectivity index (χ1) is 47.7. The number of carboxylic acid groups (broad SMARTS) is 2. The van der Waals surface area contributed by atoms with Crippen LogP contribution in [0.4, 0.5) is 9.59 Å². The molecule has 6 fully saturated rings. The first kappa shape index (κ1) is 85.5. The van der Waals surface area contributed by atoms with Crippen LogP contribution in [0.5, 0.6) is 5.75 Å². The second-order valence-electron chi connectivity index (χ2n) is 29.4. The van der Waals surface area contributed by atoms with Crippen LogP contribution in [0, 0.1) is 35.5 Å². The molecule has 12 N–H and O–H groups in total. The molecule has 2 aromatic rings. The van der Waals surface area contributed by atoms with Crippen molar-refractivity contribution in [3.63, 3.8) is 0 Å². The number of esters is 3. The van der Waals surface area contributed by atoms with Crippen molar-refractivity contribution >= 4 is 82.2 Å². The summed E-state index contributed by atoms with van der Waals surface area (Å²) in [6, 6.07) is 2.32. The van der Waals surface area contributed by atoms with Gasteiger partial charge >= 0.3 is 42.0 Å². The number of aromatic nitrogens is 1. The standard InChI is InChI=1S/C23H38N2O6.C18H30N2O4.C14H25NO4.C10H9NO3.C8H14N2O3/c1-23(2,3)31-22(29)25-17(13-15-9-6-5-7-10-15)20(27)24-18(21(28)30-4)14-16-11-8-12-19(16)26;1-24-18(23)15(11-13-8-5-9-16(13)21)20-17(22)14(19)10-12-6-3-2-4-7-12;1-14(2,3)19-13(18)15-11(12(16)17)9-10-7-5-4-6-8-10;1-14-9-4-2-3-7-6(9)5-8(11-7)10(12)13;1-13-8(12)6(9)4-5-2-3-10-7(5)11/h15-18H,5-14H2,1-4H3,(H,24,27)(H,25,29);12-15H,2-11,19H2,1H3,(H,20,22);10-11H,4-9H2,1-3H3,(H,15,18)(H,16,17);2-5,11H,1H3,(H,12,13);5-6H,2-4,9H2,1H3,(H,10,11)/t16-,17-,18-;13-,14-,15-;11-;;5-,6-/m000.0/s1. The molecule has 5 aliphatic carbocycles. The molecule has 8 rings (SSSR count). The minimum Gasteiger partial charge on any atom is -0.496 e. The Balaban J connectivity index is 0.000000277. The number of nitrogens with one attached hydrogen (secondary N) is 6. The highest BCUT2D eigenvalue weighted by Gasteiger charge is 2.37. The van der Waals surface area contributed by atoms with Gasteiger partial charge in [0, 0.05) is 48.0 Å². The summed E-state index contributed by atoms with van der Waals surface area (Å²) in [5, 5.41) is 32.0. The van der Waals surface area contributed by atoms with Gasteiger partial charge < -0.3 is 81.7 Å². The third kappa shape index (κ3) is 31.5. The first-order valence-corrected chi connectivity index (χ1v) is 36.0. The molecule has 6 aliphatic rings. The van der Waals surface area contributed by atoms with Crippen molar-refractivity contribution in [2.45, 2.75) is 269 Å². The smallest absolute Gasteiger partial charge is 0.408 e. The maximum atomic E-state index is 13.1. The van der Waals surface area contributed by atoms with E-state index >= 15 is 0 Å². The van der Waals surface area contributed by atoms with E-state index in [1.807, 2.05) is 12.1 Å². The number of carboxylic acids is 2. The summed E-state index contributed by atoms with van der Waals surface area (Å²) >= 11 is 0. The Hall–Kier alpha value is -7.88. The Labute approximate surface area is 594 Å². The molecule has 5 saturated carbocycles. The number of amides is 5. The molecule has 28 nitrogen and oxygen atoms in total. The van der Waals surface area contributed by atoms with E-state index in [1.165, 1.54) is 53.4 Å². The zero-order valence-corrected chi connectivity index (χ0v) is 61.1. The van der Waals surface area contributed by atoms with Gasteiger partial charge in [-0.1, -0.05) is 102 Å². The topological polar surface area (TPSA) is 429 Å². The molecule has 101 heavy (non-hydrogen) atoms. The SMILES string of the molecule is CC(C)(C)OC(=O)N[C@@H](CC1CCCCC1)C(=O)O.COC(=O)[C@@H](N)C[C@@H]1CCNC1=O.COC(=O)[C@H](C[C@@H]1CCCC1=O)NC(=O)[C@@H](N)CC1CCCCC1.COC(=O)[C@H](C[C@@H]1CCCC1=O)NC(=O)[C@H](CC1CCCCC1)NC(=O)OC(C)(C)C.COc1cccc2[nH]c(C(=O)O)cc12. The number of benzene rings is 1.